The van der Waals surface area contributed by atoms with Crippen LogP contribution in [0.2, 0.25) is 0 Å². The van der Waals surface area contributed by atoms with Gasteiger partial charge in [-0.2, -0.15) is 13.2 Å². The van der Waals surface area contributed by atoms with Crippen LogP contribution in [0.15, 0.2) is 29.2 Å². The first-order valence-corrected chi connectivity index (χ1v) is 8.44. The van der Waals surface area contributed by atoms with E-state index in [1.165, 1.54) is 0 Å². The summed E-state index contributed by atoms with van der Waals surface area (Å²) < 4.78 is 64.3. The number of rotatable bonds is 5. The highest BCUT2D eigenvalue weighted by molar-refractivity contribution is 9.09. The maximum atomic E-state index is 12.6. The van der Waals surface area contributed by atoms with Crippen molar-refractivity contribution in [1.29, 1.82) is 0 Å². The van der Waals surface area contributed by atoms with Crippen LogP contribution < -0.4 is 4.72 Å². The summed E-state index contributed by atoms with van der Waals surface area (Å²) in [5.74, 6) is 0.00921. The quantitative estimate of drug-likeness (QED) is 0.803. The smallest absolute Gasteiger partial charge is 0.207 e. The lowest BCUT2D eigenvalue weighted by Crippen LogP contribution is -2.39. The minimum atomic E-state index is -4.57. The Morgan fingerprint density at radius 3 is 2.35 bits per heavy atom. The van der Waals surface area contributed by atoms with Crippen molar-refractivity contribution in [3.05, 3.63) is 29.8 Å². The van der Waals surface area contributed by atoms with Gasteiger partial charge in [0, 0.05) is 11.4 Å². The van der Waals surface area contributed by atoms with Crippen LogP contribution in [0.1, 0.15) is 19.4 Å². The summed E-state index contributed by atoms with van der Waals surface area (Å²) in [6.45, 7) is 3.64. The Labute approximate surface area is 124 Å². The van der Waals surface area contributed by atoms with Crippen molar-refractivity contribution in [3.63, 3.8) is 0 Å². The van der Waals surface area contributed by atoms with E-state index < -0.39 is 27.8 Å². The fourth-order valence-corrected chi connectivity index (χ4v) is 4.01. The summed E-state index contributed by atoms with van der Waals surface area (Å²) >= 11 is 3.18. The molecule has 0 aliphatic carbocycles. The van der Waals surface area contributed by atoms with E-state index >= 15 is 0 Å². The van der Waals surface area contributed by atoms with Gasteiger partial charge < -0.3 is 0 Å². The van der Waals surface area contributed by atoms with Crippen LogP contribution >= 0.6 is 15.9 Å². The van der Waals surface area contributed by atoms with Crippen LogP contribution in [0.25, 0.3) is 0 Å². The molecule has 0 amide bonds. The molecule has 1 N–H and O–H groups in total. The van der Waals surface area contributed by atoms with E-state index in [0.29, 0.717) is 11.4 Å². The van der Waals surface area contributed by atoms with Gasteiger partial charge in [-0.05, 0) is 24.1 Å². The molecule has 0 bridgehead atoms. The highest BCUT2D eigenvalue weighted by Gasteiger charge is 2.32. The third kappa shape index (κ3) is 4.46. The molecule has 0 saturated heterocycles. The van der Waals surface area contributed by atoms with Crippen molar-refractivity contribution in [1.82, 2.24) is 4.72 Å². The SMILES string of the molecule is CC(C)C(CBr)NS(=O)(=O)c1cccc(C(F)(F)F)c1. The number of nitrogens with one attached hydrogen (secondary N) is 1. The molecule has 1 unspecified atom stereocenters. The Balaban J connectivity index is 3.10. The monoisotopic (exact) mass is 373 g/mol. The predicted molar refractivity (Wildman–Crippen MR) is 74.2 cm³/mol. The molecule has 8 heteroatoms. The van der Waals surface area contributed by atoms with Crippen molar-refractivity contribution in [2.24, 2.45) is 5.92 Å². The Morgan fingerprint density at radius 1 is 1.30 bits per heavy atom. The zero-order valence-corrected chi connectivity index (χ0v) is 13.3. The van der Waals surface area contributed by atoms with Gasteiger partial charge in [0.1, 0.15) is 0 Å². The summed E-state index contributed by atoms with van der Waals surface area (Å²) in [5, 5.41) is 0.378. The summed E-state index contributed by atoms with van der Waals surface area (Å²) in [7, 11) is -3.98. The second-order valence-corrected chi connectivity index (χ2v) is 7.01. The zero-order valence-electron chi connectivity index (χ0n) is 10.9. The molecule has 20 heavy (non-hydrogen) atoms. The minimum Gasteiger partial charge on any atom is -0.207 e. The lowest BCUT2D eigenvalue weighted by atomic mass is 10.1. The second-order valence-electron chi connectivity index (χ2n) is 4.65. The largest absolute Gasteiger partial charge is 0.416 e. The van der Waals surface area contributed by atoms with Crippen molar-refractivity contribution in [2.75, 3.05) is 5.33 Å². The zero-order chi connectivity index (χ0) is 15.6. The van der Waals surface area contributed by atoms with Gasteiger partial charge >= 0.3 is 6.18 Å². The average molecular weight is 374 g/mol. The van der Waals surface area contributed by atoms with Crippen molar-refractivity contribution in [2.45, 2.75) is 31.0 Å². The Morgan fingerprint density at radius 2 is 1.90 bits per heavy atom. The molecule has 114 valence electrons. The van der Waals surface area contributed by atoms with Crippen LogP contribution in [-0.4, -0.2) is 19.8 Å². The summed E-state index contributed by atoms with van der Waals surface area (Å²) in [6, 6.07) is 3.30. The van der Waals surface area contributed by atoms with E-state index in [1.54, 1.807) is 0 Å². The molecule has 0 heterocycles. The molecule has 1 atom stereocenters. The van der Waals surface area contributed by atoms with Crippen LogP contribution in [-0.2, 0) is 16.2 Å². The highest BCUT2D eigenvalue weighted by Crippen LogP contribution is 2.30. The topological polar surface area (TPSA) is 46.2 Å². The molecule has 0 fully saturated rings. The van der Waals surface area contributed by atoms with Crippen molar-refractivity contribution < 1.29 is 21.6 Å². The van der Waals surface area contributed by atoms with E-state index in [4.69, 9.17) is 0 Å². The molecule has 1 aromatic carbocycles. The average Bonchev–Trinajstić information content (AvgIpc) is 2.35. The molecule has 0 spiro atoms. The third-order valence-corrected chi connectivity index (χ3v) is 4.93. The Kier molecular flexibility index (Phi) is 5.62. The van der Waals surface area contributed by atoms with E-state index in [1.807, 2.05) is 13.8 Å². The van der Waals surface area contributed by atoms with Gasteiger partial charge in [0.05, 0.1) is 10.5 Å². The second kappa shape index (κ2) is 6.44. The molecular formula is C12H15BrF3NO2S. The van der Waals surface area contributed by atoms with Gasteiger partial charge in [0.15, 0.2) is 0 Å². The van der Waals surface area contributed by atoms with Gasteiger partial charge in [0.25, 0.3) is 0 Å². The normalized spacial score (nSPS) is 14.6. The maximum Gasteiger partial charge on any atom is 0.416 e. The molecular weight excluding hydrogens is 359 g/mol. The fourth-order valence-electron chi connectivity index (χ4n) is 1.45. The number of sulfonamides is 1. The molecule has 0 saturated carbocycles. The maximum absolute atomic E-state index is 12.6. The highest BCUT2D eigenvalue weighted by atomic mass is 79.9. The van der Waals surface area contributed by atoms with Crippen LogP contribution in [0.3, 0.4) is 0 Å². The van der Waals surface area contributed by atoms with E-state index in [2.05, 4.69) is 20.7 Å². The third-order valence-electron chi connectivity index (χ3n) is 2.75. The molecule has 3 nitrogen and oxygen atoms in total. The van der Waals surface area contributed by atoms with E-state index in [-0.39, 0.29) is 10.8 Å². The van der Waals surface area contributed by atoms with Gasteiger partial charge in [0.2, 0.25) is 10.0 Å². The van der Waals surface area contributed by atoms with Crippen molar-refractivity contribution in [3.8, 4) is 0 Å². The van der Waals surface area contributed by atoms with Crippen LogP contribution in [0.5, 0.6) is 0 Å². The lowest BCUT2D eigenvalue weighted by molar-refractivity contribution is -0.137. The molecule has 1 rings (SSSR count). The first kappa shape index (κ1) is 17.5. The Bertz CT molecular complexity index is 558. The summed E-state index contributed by atoms with van der Waals surface area (Å²) in [4.78, 5) is -0.390. The molecule has 0 radical (unpaired) electrons. The Hall–Kier alpha value is -0.600. The number of halogens is 4. The van der Waals surface area contributed by atoms with Gasteiger partial charge in [-0.3, -0.25) is 0 Å². The lowest BCUT2D eigenvalue weighted by Gasteiger charge is -2.20. The number of hydrogen-bond acceptors (Lipinski definition) is 2. The minimum absolute atomic E-state index is 0.00921. The van der Waals surface area contributed by atoms with Gasteiger partial charge in [-0.15, -0.1) is 0 Å². The summed E-state index contributed by atoms with van der Waals surface area (Å²) in [6.07, 6.45) is -4.57. The first-order valence-electron chi connectivity index (χ1n) is 5.83. The number of alkyl halides is 4. The van der Waals surface area contributed by atoms with Crippen LogP contribution in [0, 0.1) is 5.92 Å². The number of benzene rings is 1. The fraction of sp³-hybridized carbons (Fsp3) is 0.500. The standard InChI is InChI=1S/C12H15BrF3NO2S/c1-8(2)11(7-13)17-20(18,19)10-5-3-4-9(6-10)12(14,15)16/h3-6,8,11,17H,7H2,1-2H3. The van der Waals surface area contributed by atoms with Gasteiger partial charge in [-0.1, -0.05) is 35.8 Å². The van der Waals surface area contributed by atoms with E-state index in [9.17, 15) is 21.6 Å². The van der Waals surface area contributed by atoms with Crippen LogP contribution in [0.4, 0.5) is 13.2 Å². The van der Waals surface area contributed by atoms with Gasteiger partial charge in [-0.25, -0.2) is 13.1 Å². The van der Waals surface area contributed by atoms with E-state index in [0.717, 1.165) is 18.2 Å². The number of hydrogen-bond donors (Lipinski definition) is 1. The first-order chi connectivity index (χ1) is 9.08. The van der Waals surface area contributed by atoms with Crippen molar-refractivity contribution >= 4 is 26.0 Å². The molecule has 0 aliphatic rings. The molecule has 1 aromatic rings. The predicted octanol–water partition coefficient (Wildman–Crippen LogP) is 3.40. The molecule has 0 aliphatic heterocycles. The molecule has 0 aromatic heterocycles. The summed E-state index contributed by atoms with van der Waals surface area (Å²) in [5.41, 5.74) is -0.986.